The first-order valence-electron chi connectivity index (χ1n) is 39.3. The maximum atomic E-state index is 14.7. The Kier molecular flexibility index (Phi) is 23.4. The van der Waals surface area contributed by atoms with E-state index in [0.717, 1.165) is 48.0 Å². The van der Waals surface area contributed by atoms with Gasteiger partial charge in [0.2, 0.25) is 0 Å². The molecule has 0 unspecified atom stereocenters. The average molecular weight is 1660 g/mol. The third kappa shape index (κ3) is 15.4. The lowest BCUT2D eigenvalue weighted by Crippen LogP contribution is -2.54. The fourth-order valence-corrected chi connectivity index (χ4v) is 16.8. The maximum Gasteiger partial charge on any atom is 0.343 e. The highest BCUT2D eigenvalue weighted by Gasteiger charge is 2.41. The lowest BCUT2D eigenvalue weighted by Gasteiger charge is -2.24. The summed E-state index contributed by atoms with van der Waals surface area (Å²) in [5.74, 6) is -3.35. The van der Waals surface area contributed by atoms with E-state index in [4.69, 9.17) is 75.8 Å². The minimum Gasteiger partial charge on any atom is -0.423 e. The van der Waals surface area contributed by atoms with E-state index < -0.39 is 49.3 Å². The summed E-state index contributed by atoms with van der Waals surface area (Å²) < 4.78 is 16.7. The van der Waals surface area contributed by atoms with Crippen LogP contribution in [0.3, 0.4) is 0 Å². The summed E-state index contributed by atoms with van der Waals surface area (Å²) in [5, 5.41) is 27.6. The minimum atomic E-state index is -0.888. The van der Waals surface area contributed by atoms with Crippen molar-refractivity contribution in [1.29, 1.82) is 10.5 Å². The molecule has 0 spiro atoms. The predicted molar refractivity (Wildman–Crippen MR) is 470 cm³/mol. The molecule has 10 aromatic carbocycles. The van der Waals surface area contributed by atoms with Gasteiger partial charge in [0.1, 0.15) is 46.2 Å². The third-order valence-electron chi connectivity index (χ3n) is 22.1. The SMILES string of the molecule is CCN(CC)CCCN1C(=O)c2ccc(C(=O)Oc3ccc(-c4c5/c(=C(\C#N)c6cnc7cc(Cl)c(Cl)cc7n6)n(B(c6ccccc6)c6ccccc6)c(-c6ccc(OC(=O)c7ccc8c(c7)C(=O)N(CCCN(CC)CC)C8=O)cc6)c5/c(=C(\C#N)c5cnc6cc(Cl)c(Cl)cc6n5)n4B(c4ccccc4)c4ccccc4)cc3)cc2C1=O. The lowest BCUT2D eigenvalue weighted by molar-refractivity contribution is 0.0632. The molecule has 2 aliphatic rings. The highest BCUT2D eigenvalue weighted by molar-refractivity contribution is 6.85. The summed E-state index contributed by atoms with van der Waals surface area (Å²) in [6, 6.07) is 72.9. The number of carbonyl (C=O) groups is 6. The Bertz CT molecular complexity index is 6200. The molecule has 0 fully saturated rings. The Morgan fingerprint density at radius 1 is 0.408 bits per heavy atom. The number of rotatable bonds is 26. The van der Waals surface area contributed by atoms with Crippen molar-refractivity contribution in [2.24, 2.45) is 0 Å². The third-order valence-corrected chi connectivity index (χ3v) is 23.6. The number of aromatic nitrogens is 6. The first kappa shape index (κ1) is 80.6. The summed E-state index contributed by atoms with van der Waals surface area (Å²) in [6.07, 6.45) is 4.14. The Hall–Kier alpha value is -13.2. The summed E-state index contributed by atoms with van der Waals surface area (Å²) in [6.45, 7) is 11.5. The Morgan fingerprint density at radius 3 is 1.04 bits per heavy atom. The smallest absolute Gasteiger partial charge is 0.343 e. The van der Waals surface area contributed by atoms with Crippen molar-refractivity contribution in [1.82, 2.24) is 48.5 Å². The molecular weight excluding hydrogens is 1590 g/mol. The van der Waals surface area contributed by atoms with E-state index in [1.807, 2.05) is 121 Å². The molecule has 0 aliphatic carbocycles. The van der Waals surface area contributed by atoms with Gasteiger partial charge in [0.05, 0.1) is 98.6 Å². The molecule has 14 aromatic rings. The molecule has 0 atom stereocenters. The van der Waals surface area contributed by atoms with E-state index in [0.29, 0.717) is 81.3 Å². The topological polar surface area (TPSA) is 243 Å². The highest BCUT2D eigenvalue weighted by atomic mass is 35.5. The molecule has 0 bridgehead atoms. The van der Waals surface area contributed by atoms with Gasteiger partial charge in [0, 0.05) is 35.2 Å². The van der Waals surface area contributed by atoms with Crippen LogP contribution in [0, 0.1) is 22.7 Å². The monoisotopic (exact) mass is 1660 g/mol. The van der Waals surface area contributed by atoms with Gasteiger partial charge in [0.15, 0.2) is 0 Å². The molecule has 0 N–H and O–H groups in total. The van der Waals surface area contributed by atoms with Crippen molar-refractivity contribution in [3.05, 3.63) is 318 Å². The number of halogens is 4. The fraction of sp³-hybridized carbons (Fsp3) is 0.149. The standard InChI is InChI=1S/C94H72B2Cl4N12O8/c1-5-107(6-2)43-21-45-109-89(113)67-41-35-59(47-69(67)91(109)115)93(117)119-65-37-31-57(32-38-65)85-83-84(88(72(54-102)82-56-104-78-50-74(98)76(100)52-80(78)106-82)111(85)95(61-23-13-9-14-24-61)62-25-15-10-16-26-62)86(58-33-39-66(40-34-58)120-94(118)60-36-42-68-70(48-60)92(116)110(90(68)114)46-22-44-108(7-3)8-4)112(96(63-27-17-11-18-28-63)64-29-19-12-20-30-64)87(83)71(53-101)81-55-103-77-49-73(97)75(99)51-79(77)105-81/h9-20,23-42,47-52,55-56H,5-8,21-22,43-46H2,1-4H3/b87-71-,88-72-. The first-order valence-corrected chi connectivity index (χ1v) is 40.8. The number of carbonyl (C=O) groups excluding carboxylic acids is 6. The second kappa shape index (κ2) is 34.8. The van der Waals surface area contributed by atoms with Gasteiger partial charge >= 0.3 is 25.6 Å². The van der Waals surface area contributed by atoms with Gasteiger partial charge in [-0.25, -0.2) is 19.6 Å². The zero-order chi connectivity index (χ0) is 83.6. The van der Waals surface area contributed by atoms with Crippen molar-refractivity contribution in [2.45, 2.75) is 40.5 Å². The number of esters is 2. The van der Waals surface area contributed by atoms with Crippen LogP contribution in [-0.2, 0) is 0 Å². The molecule has 6 heterocycles. The van der Waals surface area contributed by atoms with Crippen molar-refractivity contribution < 1.29 is 38.2 Å². The number of amides is 4. The lowest BCUT2D eigenvalue weighted by atomic mass is 9.50. The maximum absolute atomic E-state index is 14.7. The van der Waals surface area contributed by atoms with Crippen molar-refractivity contribution >= 4 is 162 Å². The quantitative estimate of drug-likeness (QED) is 0.0212. The molecule has 26 heteroatoms. The van der Waals surface area contributed by atoms with E-state index in [1.165, 1.54) is 58.6 Å². The summed E-state index contributed by atoms with van der Waals surface area (Å²) >= 11 is 27.0. The highest BCUT2D eigenvalue weighted by Crippen LogP contribution is 2.40. The predicted octanol–water partition coefficient (Wildman–Crippen LogP) is 14.1. The molecule has 0 saturated heterocycles. The van der Waals surface area contributed by atoms with Crippen LogP contribution < -0.4 is 42.0 Å². The largest absolute Gasteiger partial charge is 0.423 e. The number of hydrogen-bond acceptors (Lipinski definition) is 16. The number of nitriles is 2. The number of nitrogens with zero attached hydrogens (tertiary/aromatic N) is 12. The Morgan fingerprint density at radius 2 is 0.725 bits per heavy atom. The number of imide groups is 2. The van der Waals surface area contributed by atoms with Crippen LogP contribution in [0.15, 0.2) is 243 Å². The molecule has 16 rings (SSSR count). The van der Waals surface area contributed by atoms with Crippen molar-refractivity contribution in [2.75, 3.05) is 52.4 Å². The zero-order valence-corrected chi connectivity index (χ0v) is 68.5. The summed E-state index contributed by atoms with van der Waals surface area (Å²) in [4.78, 5) is 112. The Labute approximate surface area is 711 Å². The number of hydrogen-bond donors (Lipinski definition) is 0. The molecular formula is C94H72B2Cl4N12O8. The van der Waals surface area contributed by atoms with Gasteiger partial charge in [-0.1, -0.05) is 217 Å². The second-order valence-corrected chi connectivity index (χ2v) is 30.6. The number of ether oxygens (including phenoxy) is 2. The average Bonchev–Trinajstić information content (AvgIpc) is 1.52. The van der Waals surface area contributed by atoms with E-state index in [-0.39, 0.29) is 111 Å². The minimum absolute atomic E-state index is 0.00862. The van der Waals surface area contributed by atoms with Gasteiger partial charge in [-0.15, -0.1) is 0 Å². The van der Waals surface area contributed by atoms with Crippen LogP contribution in [0.25, 0.3) is 66.5 Å². The van der Waals surface area contributed by atoms with Crippen LogP contribution in [0.5, 0.6) is 11.5 Å². The van der Waals surface area contributed by atoms with E-state index in [9.17, 15) is 39.3 Å². The van der Waals surface area contributed by atoms with Crippen molar-refractivity contribution in [3.63, 3.8) is 0 Å². The van der Waals surface area contributed by atoms with Crippen molar-refractivity contribution in [3.8, 4) is 46.2 Å². The molecule has 120 heavy (non-hydrogen) atoms. The van der Waals surface area contributed by atoms with Gasteiger partial charge in [-0.05, 0) is 172 Å². The van der Waals surface area contributed by atoms with Gasteiger partial charge in [0.25, 0.3) is 23.6 Å². The number of fused-ring (bicyclic) bond motifs is 5. The zero-order valence-electron chi connectivity index (χ0n) is 65.5. The summed E-state index contributed by atoms with van der Waals surface area (Å²) in [7, 11) is 0. The van der Waals surface area contributed by atoms with Gasteiger partial charge in [-0.2, -0.15) is 10.5 Å². The molecule has 4 amide bonds. The molecule has 0 radical (unpaired) electrons. The first-order chi connectivity index (χ1) is 58.4. The van der Waals surface area contributed by atoms with Crippen LogP contribution in [0.2, 0.25) is 20.1 Å². The van der Waals surface area contributed by atoms with Crippen LogP contribution in [-0.4, -0.2) is 150 Å². The van der Waals surface area contributed by atoms with Gasteiger partial charge < -0.3 is 28.2 Å². The number of benzene rings is 10. The molecule has 20 nitrogen and oxygen atoms in total. The van der Waals surface area contributed by atoms with E-state index in [2.05, 4.69) is 58.6 Å². The van der Waals surface area contributed by atoms with Crippen LogP contribution >= 0.6 is 46.4 Å². The molecule has 0 saturated carbocycles. The molecule has 590 valence electrons. The normalized spacial score (nSPS) is 13.0. The van der Waals surface area contributed by atoms with Crippen LogP contribution in [0.4, 0.5) is 0 Å². The van der Waals surface area contributed by atoms with E-state index in [1.54, 1.807) is 72.8 Å². The molecule has 4 aromatic heterocycles. The second-order valence-electron chi connectivity index (χ2n) is 29.0. The Balaban J connectivity index is 0.987. The van der Waals surface area contributed by atoms with E-state index >= 15 is 0 Å². The summed E-state index contributed by atoms with van der Waals surface area (Å²) in [5.41, 5.74) is 6.84. The molecule has 2 aliphatic heterocycles. The van der Waals surface area contributed by atoms with Crippen LogP contribution in [0.1, 0.15) is 114 Å². The fourth-order valence-electron chi connectivity index (χ4n) is 16.1. The van der Waals surface area contributed by atoms with Gasteiger partial charge in [-0.3, -0.25) is 38.9 Å².